The van der Waals surface area contributed by atoms with E-state index in [-0.39, 0.29) is 0 Å². The van der Waals surface area contributed by atoms with Crippen molar-refractivity contribution in [1.82, 2.24) is 9.47 Å². The zero-order valence-corrected chi connectivity index (χ0v) is 8.82. The summed E-state index contributed by atoms with van der Waals surface area (Å²) in [6, 6.07) is 2.61. The second-order valence-corrected chi connectivity index (χ2v) is 4.10. The van der Waals surface area contributed by atoms with E-state index >= 15 is 0 Å². The average Bonchev–Trinajstić information content (AvgIpc) is 2.79. The molecular formula is C11H19N3. The summed E-state index contributed by atoms with van der Waals surface area (Å²) in [7, 11) is 2.06. The van der Waals surface area contributed by atoms with Crippen LogP contribution in [0.2, 0.25) is 0 Å². The summed E-state index contributed by atoms with van der Waals surface area (Å²) in [5.41, 5.74) is 7.20. The molecule has 0 radical (unpaired) electrons. The lowest BCUT2D eigenvalue weighted by molar-refractivity contribution is 0.251. The van der Waals surface area contributed by atoms with Crippen LogP contribution >= 0.6 is 0 Å². The molecule has 1 aliphatic heterocycles. The number of nitrogens with zero attached hydrogens (tertiary/aromatic N) is 2. The molecule has 0 spiro atoms. The van der Waals surface area contributed by atoms with Crippen molar-refractivity contribution in [2.24, 2.45) is 12.8 Å². The van der Waals surface area contributed by atoms with Crippen molar-refractivity contribution in [3.63, 3.8) is 0 Å². The summed E-state index contributed by atoms with van der Waals surface area (Å²) in [6.07, 6.45) is 6.91. The van der Waals surface area contributed by atoms with Gasteiger partial charge in [0.05, 0.1) is 0 Å². The minimum Gasteiger partial charge on any atom is -0.357 e. The van der Waals surface area contributed by atoms with Crippen molar-refractivity contribution < 1.29 is 0 Å². The van der Waals surface area contributed by atoms with Crippen LogP contribution in [0.4, 0.5) is 0 Å². The van der Waals surface area contributed by atoms with Gasteiger partial charge in [-0.2, -0.15) is 0 Å². The van der Waals surface area contributed by atoms with Crippen LogP contribution in [-0.2, 0) is 7.05 Å². The van der Waals surface area contributed by atoms with Gasteiger partial charge in [0, 0.05) is 32.0 Å². The van der Waals surface area contributed by atoms with Gasteiger partial charge >= 0.3 is 0 Å². The molecule has 1 saturated heterocycles. The number of aryl methyl sites for hydroxylation is 1. The number of hydrogen-bond acceptors (Lipinski definition) is 2. The van der Waals surface area contributed by atoms with E-state index in [1.807, 2.05) is 0 Å². The lowest BCUT2D eigenvalue weighted by atomic mass is 10.1. The molecule has 3 nitrogen and oxygen atoms in total. The molecular weight excluding hydrogens is 174 g/mol. The predicted octanol–water partition coefficient (Wildman–Crippen LogP) is 1.12. The third-order valence-electron chi connectivity index (χ3n) is 3.04. The Hall–Kier alpha value is -0.800. The first-order valence-corrected chi connectivity index (χ1v) is 5.37. The molecule has 3 heteroatoms. The highest BCUT2D eigenvalue weighted by molar-refractivity contribution is 5.16. The minimum atomic E-state index is 0.429. The molecule has 2 rings (SSSR count). The highest BCUT2D eigenvalue weighted by Gasteiger charge is 2.22. The molecule has 0 amide bonds. The normalized spacial score (nSPS) is 20.1. The molecule has 1 fully saturated rings. The maximum absolute atomic E-state index is 5.84. The van der Waals surface area contributed by atoms with E-state index in [0.29, 0.717) is 6.04 Å². The monoisotopic (exact) mass is 193 g/mol. The molecule has 1 aromatic rings. The number of rotatable bonds is 3. The molecule has 1 unspecified atom stereocenters. The van der Waals surface area contributed by atoms with Crippen LogP contribution in [0.3, 0.4) is 0 Å². The number of aromatic nitrogens is 1. The van der Waals surface area contributed by atoms with E-state index in [1.165, 1.54) is 31.5 Å². The Morgan fingerprint density at radius 1 is 1.43 bits per heavy atom. The van der Waals surface area contributed by atoms with Gasteiger partial charge in [0.2, 0.25) is 0 Å². The van der Waals surface area contributed by atoms with Crippen molar-refractivity contribution >= 4 is 0 Å². The maximum atomic E-state index is 5.84. The summed E-state index contributed by atoms with van der Waals surface area (Å²) in [5.74, 6) is 0. The molecule has 0 aromatic carbocycles. The third kappa shape index (κ3) is 1.83. The fourth-order valence-corrected chi connectivity index (χ4v) is 2.27. The molecule has 78 valence electrons. The first kappa shape index (κ1) is 9.74. The number of hydrogen-bond donors (Lipinski definition) is 1. The Labute approximate surface area is 85.5 Å². The molecule has 1 aromatic heterocycles. The first-order valence-electron chi connectivity index (χ1n) is 5.37. The standard InChI is InChI=1S/C11H19N3/c1-13-7-4-10(9-13)11(8-12)14-5-2-3-6-14/h4,7,9,11H,2-3,5-6,8,12H2,1H3. The maximum Gasteiger partial charge on any atom is 0.0485 e. The summed E-state index contributed by atoms with van der Waals surface area (Å²) >= 11 is 0. The zero-order valence-electron chi connectivity index (χ0n) is 8.82. The van der Waals surface area contributed by atoms with Crippen LogP contribution in [0.25, 0.3) is 0 Å². The second kappa shape index (κ2) is 4.15. The summed E-state index contributed by atoms with van der Waals surface area (Å²) in [5, 5.41) is 0. The quantitative estimate of drug-likeness (QED) is 0.780. The highest BCUT2D eigenvalue weighted by atomic mass is 15.2. The summed E-state index contributed by atoms with van der Waals surface area (Å²) in [4.78, 5) is 2.50. The van der Waals surface area contributed by atoms with Crippen molar-refractivity contribution in [3.05, 3.63) is 24.0 Å². The minimum absolute atomic E-state index is 0.429. The molecule has 2 heterocycles. The van der Waals surface area contributed by atoms with Crippen LogP contribution in [-0.4, -0.2) is 29.1 Å². The molecule has 0 aliphatic carbocycles. The predicted molar refractivity (Wildman–Crippen MR) is 58.0 cm³/mol. The zero-order chi connectivity index (χ0) is 9.97. The SMILES string of the molecule is Cn1ccc(C(CN)N2CCCC2)c1. The van der Waals surface area contributed by atoms with E-state index in [4.69, 9.17) is 5.73 Å². The van der Waals surface area contributed by atoms with Crippen LogP contribution in [0.5, 0.6) is 0 Å². The molecule has 1 aliphatic rings. The summed E-state index contributed by atoms with van der Waals surface area (Å²) in [6.45, 7) is 3.14. The molecule has 14 heavy (non-hydrogen) atoms. The lowest BCUT2D eigenvalue weighted by Gasteiger charge is -2.25. The molecule has 0 saturated carbocycles. The summed E-state index contributed by atoms with van der Waals surface area (Å²) < 4.78 is 2.09. The Morgan fingerprint density at radius 2 is 2.14 bits per heavy atom. The molecule has 2 N–H and O–H groups in total. The Morgan fingerprint density at radius 3 is 2.64 bits per heavy atom. The van der Waals surface area contributed by atoms with E-state index in [1.54, 1.807) is 0 Å². The van der Waals surface area contributed by atoms with Gasteiger partial charge in [-0.1, -0.05) is 0 Å². The van der Waals surface area contributed by atoms with E-state index in [0.717, 1.165) is 6.54 Å². The van der Waals surface area contributed by atoms with Gasteiger partial charge in [0.1, 0.15) is 0 Å². The van der Waals surface area contributed by atoms with Crippen LogP contribution < -0.4 is 5.73 Å². The molecule has 0 bridgehead atoms. The van der Waals surface area contributed by atoms with Gasteiger partial charge in [-0.15, -0.1) is 0 Å². The third-order valence-corrected chi connectivity index (χ3v) is 3.04. The first-order chi connectivity index (χ1) is 6.81. The Bertz CT molecular complexity index is 286. The smallest absolute Gasteiger partial charge is 0.0485 e. The van der Waals surface area contributed by atoms with Gasteiger partial charge in [-0.05, 0) is 37.6 Å². The average molecular weight is 193 g/mol. The van der Waals surface area contributed by atoms with E-state index < -0.39 is 0 Å². The van der Waals surface area contributed by atoms with E-state index in [9.17, 15) is 0 Å². The Balaban J connectivity index is 2.12. The fraction of sp³-hybridized carbons (Fsp3) is 0.636. The molecule has 1 atom stereocenters. The van der Waals surface area contributed by atoms with Crippen LogP contribution in [0.1, 0.15) is 24.4 Å². The van der Waals surface area contributed by atoms with Crippen LogP contribution in [0.15, 0.2) is 18.5 Å². The van der Waals surface area contributed by atoms with Crippen LogP contribution in [0, 0.1) is 0 Å². The van der Waals surface area contributed by atoms with Crippen molar-refractivity contribution in [3.8, 4) is 0 Å². The van der Waals surface area contributed by atoms with Gasteiger partial charge in [0.15, 0.2) is 0 Å². The lowest BCUT2D eigenvalue weighted by Crippen LogP contribution is -2.31. The van der Waals surface area contributed by atoms with Gasteiger partial charge in [0.25, 0.3) is 0 Å². The topological polar surface area (TPSA) is 34.2 Å². The Kier molecular flexibility index (Phi) is 2.89. The van der Waals surface area contributed by atoms with Gasteiger partial charge in [-0.3, -0.25) is 4.90 Å². The number of nitrogens with two attached hydrogens (primary N) is 1. The van der Waals surface area contributed by atoms with Crippen molar-refractivity contribution in [2.45, 2.75) is 18.9 Å². The van der Waals surface area contributed by atoms with Crippen molar-refractivity contribution in [1.29, 1.82) is 0 Å². The second-order valence-electron chi connectivity index (χ2n) is 4.10. The highest BCUT2D eigenvalue weighted by Crippen LogP contribution is 2.23. The largest absolute Gasteiger partial charge is 0.357 e. The van der Waals surface area contributed by atoms with Gasteiger partial charge in [-0.25, -0.2) is 0 Å². The van der Waals surface area contributed by atoms with Gasteiger partial charge < -0.3 is 10.3 Å². The van der Waals surface area contributed by atoms with Crippen molar-refractivity contribution in [2.75, 3.05) is 19.6 Å². The fourth-order valence-electron chi connectivity index (χ4n) is 2.27. The van der Waals surface area contributed by atoms with E-state index in [2.05, 4.69) is 35.0 Å². The number of likely N-dealkylation sites (tertiary alicyclic amines) is 1.